The zero-order chi connectivity index (χ0) is 22.6. The third-order valence-electron chi connectivity index (χ3n) is 4.60. The van der Waals surface area contributed by atoms with E-state index in [-0.39, 0.29) is 5.82 Å². The van der Waals surface area contributed by atoms with E-state index >= 15 is 0 Å². The molecule has 0 aliphatic rings. The summed E-state index contributed by atoms with van der Waals surface area (Å²) in [4.78, 5) is 8.47. The van der Waals surface area contributed by atoms with Gasteiger partial charge in [0, 0.05) is 12.6 Å². The number of alkyl halides is 3. The fourth-order valence-corrected chi connectivity index (χ4v) is 3.13. The molecule has 0 fully saturated rings. The van der Waals surface area contributed by atoms with Gasteiger partial charge in [-0.1, -0.05) is 42.5 Å². The molecule has 0 saturated carbocycles. The lowest BCUT2D eigenvalue weighted by atomic mass is 10.1. The highest BCUT2D eigenvalue weighted by Crippen LogP contribution is 2.31. The van der Waals surface area contributed by atoms with E-state index in [4.69, 9.17) is 0 Å². The van der Waals surface area contributed by atoms with Crippen molar-refractivity contribution >= 4 is 17.7 Å². The highest BCUT2D eigenvalue weighted by atomic mass is 19.4. The van der Waals surface area contributed by atoms with Crippen molar-refractivity contribution in [2.45, 2.75) is 19.5 Å². The maximum absolute atomic E-state index is 13.0. The molecule has 1 aromatic carbocycles. The van der Waals surface area contributed by atoms with Crippen LogP contribution < -0.4 is 5.32 Å². The van der Waals surface area contributed by atoms with Gasteiger partial charge in [-0.2, -0.15) is 28.6 Å². The van der Waals surface area contributed by atoms with Gasteiger partial charge < -0.3 is 5.32 Å². The molecule has 162 valence electrons. The number of aromatic amines is 1. The van der Waals surface area contributed by atoms with Crippen LogP contribution in [0, 0.1) is 6.92 Å². The molecule has 32 heavy (non-hydrogen) atoms. The summed E-state index contributed by atoms with van der Waals surface area (Å²) < 4.78 is 38.9. The zero-order valence-electron chi connectivity index (χ0n) is 17.1. The predicted octanol–water partition coefficient (Wildman–Crippen LogP) is 5.59. The zero-order valence-corrected chi connectivity index (χ0v) is 17.1. The van der Waals surface area contributed by atoms with Gasteiger partial charge in [0.05, 0.1) is 17.0 Å². The Balaban J connectivity index is 1.56. The number of aryl methyl sites for hydroxylation is 1. The smallest absolute Gasteiger partial charge is 0.325 e. The number of benzene rings is 1. The minimum Gasteiger partial charge on any atom is -0.325 e. The summed E-state index contributed by atoms with van der Waals surface area (Å²) >= 11 is 0. The van der Waals surface area contributed by atoms with E-state index in [9.17, 15) is 13.2 Å². The van der Waals surface area contributed by atoms with Crippen LogP contribution in [-0.4, -0.2) is 25.4 Å². The van der Waals surface area contributed by atoms with Crippen LogP contribution in [0.1, 0.15) is 22.4 Å². The summed E-state index contributed by atoms with van der Waals surface area (Å²) in [6.45, 7) is 1.87. The van der Waals surface area contributed by atoms with Crippen molar-refractivity contribution in [1.29, 1.82) is 0 Å². The van der Waals surface area contributed by atoms with Crippen molar-refractivity contribution in [1.82, 2.24) is 25.4 Å². The first-order valence-electron chi connectivity index (χ1n) is 9.79. The van der Waals surface area contributed by atoms with Gasteiger partial charge in [-0.05, 0) is 42.3 Å². The number of nitrogens with one attached hydrogen (secondary N) is 2. The molecule has 0 aliphatic carbocycles. The van der Waals surface area contributed by atoms with Crippen LogP contribution in [0.5, 0.6) is 0 Å². The molecular formula is C23H19F3N6. The summed E-state index contributed by atoms with van der Waals surface area (Å²) in [6, 6.07) is 15.3. The van der Waals surface area contributed by atoms with Crippen LogP contribution >= 0.6 is 0 Å². The van der Waals surface area contributed by atoms with E-state index in [2.05, 4.69) is 30.7 Å². The molecule has 0 spiro atoms. The topological polar surface area (TPSA) is 79.4 Å². The number of H-pyrrole nitrogens is 1. The first-order valence-corrected chi connectivity index (χ1v) is 9.79. The Labute approximate surface area is 182 Å². The minimum absolute atomic E-state index is 0.0510. The van der Waals surface area contributed by atoms with Crippen LogP contribution in [0.15, 0.2) is 66.9 Å². The van der Waals surface area contributed by atoms with Gasteiger partial charge in [0.25, 0.3) is 0 Å². The summed E-state index contributed by atoms with van der Waals surface area (Å²) in [6.07, 6.45) is 1.17. The molecule has 9 heteroatoms. The average molecular weight is 436 g/mol. The van der Waals surface area contributed by atoms with Crippen molar-refractivity contribution in [2.75, 3.05) is 5.32 Å². The Morgan fingerprint density at radius 1 is 1.00 bits per heavy atom. The molecule has 0 bridgehead atoms. The maximum atomic E-state index is 13.0. The second-order valence-electron chi connectivity index (χ2n) is 7.10. The molecular weight excluding hydrogens is 417 g/mol. The summed E-state index contributed by atoms with van der Waals surface area (Å²) in [5, 5.41) is 13.9. The lowest BCUT2D eigenvalue weighted by molar-refractivity contribution is -0.137. The van der Waals surface area contributed by atoms with Crippen molar-refractivity contribution in [2.24, 2.45) is 0 Å². The fraction of sp³-hybridized carbons (Fsp3) is 0.130. The number of halogens is 3. The summed E-state index contributed by atoms with van der Waals surface area (Å²) in [5.74, 6) is 0.413. The van der Waals surface area contributed by atoms with Crippen LogP contribution in [0.2, 0.25) is 0 Å². The molecule has 4 rings (SSSR count). The van der Waals surface area contributed by atoms with Crippen molar-refractivity contribution < 1.29 is 13.2 Å². The number of anilines is 2. The number of hydrogen-bond acceptors (Lipinski definition) is 5. The van der Waals surface area contributed by atoms with Gasteiger partial charge in [-0.25, -0.2) is 9.97 Å². The first kappa shape index (κ1) is 21.2. The predicted molar refractivity (Wildman–Crippen MR) is 116 cm³/mol. The quantitative estimate of drug-likeness (QED) is 0.412. The van der Waals surface area contributed by atoms with Gasteiger partial charge in [0.2, 0.25) is 0 Å². The van der Waals surface area contributed by atoms with Crippen molar-refractivity contribution in [3.05, 3.63) is 89.3 Å². The third-order valence-corrected chi connectivity index (χ3v) is 4.60. The molecule has 0 radical (unpaired) electrons. The largest absolute Gasteiger partial charge is 0.416 e. The molecule has 0 aliphatic heterocycles. The molecule has 0 amide bonds. The highest BCUT2D eigenvalue weighted by Gasteiger charge is 2.30. The molecule has 3 heterocycles. The van der Waals surface area contributed by atoms with Gasteiger partial charge >= 0.3 is 6.18 Å². The number of nitrogens with zero attached hydrogens (tertiary/aromatic N) is 4. The monoisotopic (exact) mass is 436 g/mol. The normalized spacial score (nSPS) is 11.8. The van der Waals surface area contributed by atoms with Gasteiger partial charge in [0.1, 0.15) is 17.3 Å². The number of aromatic nitrogens is 5. The fourth-order valence-electron chi connectivity index (χ4n) is 3.13. The van der Waals surface area contributed by atoms with Gasteiger partial charge in [0.15, 0.2) is 0 Å². The number of pyridine rings is 2. The Hall–Kier alpha value is -4.01. The Bertz CT molecular complexity index is 1230. The number of rotatable bonds is 6. The number of allylic oxidation sites excluding steroid dienone is 1. The third kappa shape index (κ3) is 5.18. The van der Waals surface area contributed by atoms with Crippen molar-refractivity contribution in [3.63, 3.8) is 0 Å². The van der Waals surface area contributed by atoms with Crippen LogP contribution in [0.25, 0.3) is 17.5 Å². The van der Waals surface area contributed by atoms with E-state index in [1.165, 1.54) is 0 Å². The Morgan fingerprint density at radius 3 is 2.59 bits per heavy atom. The second kappa shape index (κ2) is 9.01. The van der Waals surface area contributed by atoms with Gasteiger partial charge in [-0.15, -0.1) is 0 Å². The molecule has 0 unspecified atom stereocenters. The molecule has 4 aromatic rings. The van der Waals surface area contributed by atoms with Crippen molar-refractivity contribution in [3.8, 4) is 11.4 Å². The Kier molecular flexibility index (Phi) is 5.98. The van der Waals surface area contributed by atoms with Crippen LogP contribution in [0.3, 0.4) is 0 Å². The average Bonchev–Trinajstić information content (AvgIpc) is 3.22. The molecule has 6 nitrogen and oxygen atoms in total. The van der Waals surface area contributed by atoms with E-state index in [1.54, 1.807) is 6.07 Å². The number of hydrogen-bond donors (Lipinski definition) is 2. The molecule has 3 aromatic heterocycles. The molecule has 0 atom stereocenters. The van der Waals surface area contributed by atoms with E-state index in [1.807, 2.05) is 55.5 Å². The Morgan fingerprint density at radius 2 is 1.81 bits per heavy atom. The SMILES string of the molecule is Cc1cc(Nc2cc(C(F)(F)F)ccn2)nc(-c2n[nH]nc2CC=Cc2ccccc2)c1. The van der Waals surface area contributed by atoms with Crippen LogP contribution in [-0.2, 0) is 12.6 Å². The van der Waals surface area contributed by atoms with E-state index in [0.717, 1.165) is 29.5 Å². The molecule has 2 N–H and O–H groups in total. The highest BCUT2D eigenvalue weighted by molar-refractivity contribution is 5.63. The molecule has 0 saturated heterocycles. The second-order valence-corrected chi connectivity index (χ2v) is 7.10. The minimum atomic E-state index is -4.45. The standard InChI is InChI=1S/C23H19F3N6/c1-15-12-19(22-18(30-32-31-22)9-5-8-16-6-3-2-4-7-16)28-21(13-15)29-20-14-17(10-11-27-20)23(24,25)26/h2-8,10-14H,9H2,1H3,(H,27,28,29)(H,30,31,32). The lowest BCUT2D eigenvalue weighted by Gasteiger charge is -2.11. The van der Waals surface area contributed by atoms with Crippen LogP contribution in [0.4, 0.5) is 24.8 Å². The summed E-state index contributed by atoms with van der Waals surface area (Å²) in [5.41, 5.74) is 2.98. The summed E-state index contributed by atoms with van der Waals surface area (Å²) in [7, 11) is 0. The van der Waals surface area contributed by atoms with Gasteiger partial charge in [-0.3, -0.25) is 0 Å². The maximum Gasteiger partial charge on any atom is 0.416 e. The first-order chi connectivity index (χ1) is 15.4. The van der Waals surface area contributed by atoms with E-state index < -0.39 is 11.7 Å². The lowest BCUT2D eigenvalue weighted by Crippen LogP contribution is -2.06. The van der Waals surface area contributed by atoms with E-state index in [0.29, 0.717) is 29.3 Å².